The number of hydrogen-bond donors (Lipinski definition) is 1. The number of carbonyl (C=O) groups excluding carboxylic acids is 1. The number of hydrogen-bond acceptors (Lipinski definition) is 3. The second-order valence-electron chi connectivity index (χ2n) is 4.74. The van der Waals surface area contributed by atoms with Gasteiger partial charge in [-0.2, -0.15) is 0 Å². The molecule has 5 nitrogen and oxygen atoms in total. The van der Waals surface area contributed by atoms with E-state index in [-0.39, 0.29) is 23.2 Å². The summed E-state index contributed by atoms with van der Waals surface area (Å²) in [4.78, 5) is 22.2. The Morgan fingerprint density at radius 3 is 2.63 bits per heavy atom. The van der Waals surface area contributed by atoms with Gasteiger partial charge in [-0.05, 0) is 18.9 Å². The first-order valence-electron chi connectivity index (χ1n) is 6.33. The molecule has 1 aromatic carbocycles. The second kappa shape index (κ2) is 5.77. The molecule has 0 unspecified atom stereocenters. The third kappa shape index (κ3) is 3.27. The molecule has 2 rings (SSSR count). The van der Waals surface area contributed by atoms with Crippen molar-refractivity contribution in [3.05, 3.63) is 34.1 Å². The smallest absolute Gasteiger partial charge is 0.292 e. The Balaban J connectivity index is 2.15. The molecule has 0 aliphatic heterocycles. The van der Waals surface area contributed by atoms with Gasteiger partial charge in [-0.25, -0.2) is 4.39 Å². The summed E-state index contributed by atoms with van der Waals surface area (Å²) >= 11 is 0. The van der Waals surface area contributed by atoms with Gasteiger partial charge >= 0.3 is 0 Å². The second-order valence-corrected chi connectivity index (χ2v) is 4.74. The van der Waals surface area contributed by atoms with Gasteiger partial charge in [0.1, 0.15) is 11.5 Å². The predicted octanol–water partition coefficient (Wildman–Crippen LogP) is 3.25. The van der Waals surface area contributed by atoms with Gasteiger partial charge in [0, 0.05) is 18.1 Å². The molecule has 1 fully saturated rings. The number of carbonyl (C=O) groups is 1. The van der Waals surface area contributed by atoms with Crippen LogP contribution in [-0.2, 0) is 4.79 Å². The van der Waals surface area contributed by atoms with E-state index in [1.807, 2.05) is 0 Å². The number of amides is 1. The molecule has 0 aromatic heterocycles. The van der Waals surface area contributed by atoms with Crippen molar-refractivity contribution in [3.8, 4) is 0 Å². The van der Waals surface area contributed by atoms with Gasteiger partial charge in [0.25, 0.3) is 5.69 Å². The number of benzene rings is 1. The molecular weight excluding hydrogens is 251 g/mol. The topological polar surface area (TPSA) is 72.2 Å². The fraction of sp³-hybridized carbons (Fsp3) is 0.462. The van der Waals surface area contributed by atoms with Crippen molar-refractivity contribution < 1.29 is 14.1 Å². The van der Waals surface area contributed by atoms with E-state index < -0.39 is 10.7 Å². The van der Waals surface area contributed by atoms with Crippen molar-refractivity contribution in [2.45, 2.75) is 32.1 Å². The molecule has 1 aliphatic carbocycles. The van der Waals surface area contributed by atoms with Crippen molar-refractivity contribution in [1.82, 2.24) is 0 Å². The van der Waals surface area contributed by atoms with Crippen LogP contribution in [-0.4, -0.2) is 10.8 Å². The first-order chi connectivity index (χ1) is 9.08. The third-order valence-corrected chi connectivity index (χ3v) is 3.39. The maximum absolute atomic E-state index is 13.1. The number of anilines is 1. The quantitative estimate of drug-likeness (QED) is 0.674. The Morgan fingerprint density at radius 1 is 1.32 bits per heavy atom. The normalized spacial score (nSPS) is 16.1. The lowest BCUT2D eigenvalue weighted by Gasteiger charge is -2.20. The molecule has 1 aliphatic rings. The lowest BCUT2D eigenvalue weighted by atomic mass is 9.88. The number of nitro groups is 1. The molecule has 1 N–H and O–H groups in total. The summed E-state index contributed by atoms with van der Waals surface area (Å²) in [5.41, 5.74) is -0.355. The van der Waals surface area contributed by atoms with Crippen LogP contribution in [0.1, 0.15) is 32.1 Å². The van der Waals surface area contributed by atoms with Gasteiger partial charge in [-0.15, -0.1) is 0 Å². The zero-order chi connectivity index (χ0) is 13.8. The highest BCUT2D eigenvalue weighted by Gasteiger charge is 2.24. The third-order valence-electron chi connectivity index (χ3n) is 3.39. The fourth-order valence-electron chi connectivity index (χ4n) is 2.37. The summed E-state index contributed by atoms with van der Waals surface area (Å²) in [5.74, 6) is -0.991. The van der Waals surface area contributed by atoms with Crippen LogP contribution in [0.2, 0.25) is 0 Å². The van der Waals surface area contributed by atoms with Gasteiger partial charge in [0.05, 0.1) is 4.92 Å². The Labute approximate surface area is 110 Å². The maximum atomic E-state index is 13.1. The Morgan fingerprint density at radius 2 is 2.00 bits per heavy atom. The van der Waals surface area contributed by atoms with Crippen molar-refractivity contribution in [2.75, 3.05) is 5.32 Å². The highest BCUT2D eigenvalue weighted by Crippen LogP contribution is 2.28. The van der Waals surface area contributed by atoms with Crippen LogP contribution < -0.4 is 5.32 Å². The average Bonchev–Trinajstić information content (AvgIpc) is 2.39. The van der Waals surface area contributed by atoms with Crippen molar-refractivity contribution >= 4 is 17.3 Å². The number of nitrogens with zero attached hydrogens (tertiary/aromatic N) is 1. The number of halogens is 1. The highest BCUT2D eigenvalue weighted by atomic mass is 19.1. The van der Waals surface area contributed by atoms with Crippen molar-refractivity contribution in [2.24, 2.45) is 5.92 Å². The van der Waals surface area contributed by atoms with E-state index in [4.69, 9.17) is 0 Å². The molecular formula is C13H15FN2O3. The van der Waals surface area contributed by atoms with Crippen LogP contribution in [0.4, 0.5) is 15.8 Å². The van der Waals surface area contributed by atoms with E-state index in [0.29, 0.717) is 0 Å². The summed E-state index contributed by atoms with van der Waals surface area (Å²) in [6, 6.07) is 3.05. The molecule has 1 amide bonds. The summed E-state index contributed by atoms with van der Waals surface area (Å²) in [5, 5.41) is 13.3. The number of nitrogens with one attached hydrogen (secondary N) is 1. The molecule has 1 saturated carbocycles. The van der Waals surface area contributed by atoms with E-state index in [9.17, 15) is 19.3 Å². The van der Waals surface area contributed by atoms with Gasteiger partial charge < -0.3 is 5.32 Å². The zero-order valence-electron chi connectivity index (χ0n) is 10.4. The van der Waals surface area contributed by atoms with Gasteiger partial charge in [0.2, 0.25) is 5.91 Å². The minimum atomic E-state index is -0.629. The van der Waals surface area contributed by atoms with Crippen LogP contribution in [0.3, 0.4) is 0 Å². The largest absolute Gasteiger partial charge is 0.320 e. The molecule has 0 spiro atoms. The lowest BCUT2D eigenvalue weighted by Crippen LogP contribution is -2.25. The van der Waals surface area contributed by atoms with Gasteiger partial charge in [-0.1, -0.05) is 19.3 Å². The van der Waals surface area contributed by atoms with E-state index in [2.05, 4.69) is 5.32 Å². The molecule has 0 heterocycles. The maximum Gasteiger partial charge on any atom is 0.292 e. The van der Waals surface area contributed by atoms with E-state index >= 15 is 0 Å². The van der Waals surface area contributed by atoms with Crippen molar-refractivity contribution in [1.29, 1.82) is 0 Å². The fourth-order valence-corrected chi connectivity index (χ4v) is 2.37. The molecule has 6 heteroatoms. The molecule has 0 atom stereocenters. The van der Waals surface area contributed by atoms with E-state index in [1.54, 1.807) is 0 Å². The van der Waals surface area contributed by atoms with Gasteiger partial charge in [-0.3, -0.25) is 14.9 Å². The summed E-state index contributed by atoms with van der Waals surface area (Å²) in [6.45, 7) is 0. The predicted molar refractivity (Wildman–Crippen MR) is 68.3 cm³/mol. The number of nitro benzene ring substituents is 1. The molecule has 0 bridgehead atoms. The van der Waals surface area contributed by atoms with Crippen LogP contribution >= 0.6 is 0 Å². The molecule has 1 aromatic rings. The first kappa shape index (κ1) is 13.5. The van der Waals surface area contributed by atoms with Crippen LogP contribution in [0.25, 0.3) is 0 Å². The Kier molecular flexibility index (Phi) is 4.09. The monoisotopic (exact) mass is 266 g/mol. The zero-order valence-corrected chi connectivity index (χ0v) is 10.4. The Bertz CT molecular complexity index is 499. The minimum Gasteiger partial charge on any atom is -0.320 e. The number of rotatable bonds is 3. The highest BCUT2D eigenvalue weighted by molar-refractivity contribution is 5.94. The lowest BCUT2D eigenvalue weighted by molar-refractivity contribution is -0.384. The summed E-state index contributed by atoms with van der Waals surface area (Å²) < 4.78 is 13.1. The minimum absolute atomic E-state index is 0.0689. The standard InChI is InChI=1S/C13H15FN2O3/c14-10-6-7-12(16(18)19)11(8-10)15-13(17)9-4-2-1-3-5-9/h6-9H,1-5H2,(H,15,17). The molecule has 19 heavy (non-hydrogen) atoms. The summed E-state index contributed by atoms with van der Waals surface area (Å²) in [7, 11) is 0. The van der Waals surface area contributed by atoms with Crippen LogP contribution in [0.15, 0.2) is 18.2 Å². The molecule has 102 valence electrons. The van der Waals surface area contributed by atoms with E-state index in [0.717, 1.165) is 50.3 Å². The summed E-state index contributed by atoms with van der Waals surface area (Å²) in [6.07, 6.45) is 4.67. The Hall–Kier alpha value is -1.98. The van der Waals surface area contributed by atoms with Crippen LogP contribution in [0, 0.1) is 21.8 Å². The molecule has 0 radical (unpaired) electrons. The molecule has 0 saturated heterocycles. The average molecular weight is 266 g/mol. The van der Waals surface area contributed by atoms with E-state index in [1.165, 1.54) is 0 Å². The first-order valence-corrected chi connectivity index (χ1v) is 6.33. The van der Waals surface area contributed by atoms with Gasteiger partial charge in [0.15, 0.2) is 0 Å². The van der Waals surface area contributed by atoms with Crippen molar-refractivity contribution in [3.63, 3.8) is 0 Å². The van der Waals surface area contributed by atoms with Crippen LogP contribution in [0.5, 0.6) is 0 Å². The SMILES string of the molecule is O=C(Nc1cc(F)ccc1[N+](=O)[O-])C1CCCCC1.